The van der Waals surface area contributed by atoms with Crippen LogP contribution < -0.4 is 21.8 Å². The molecule has 8 heteroatoms. The maximum atomic E-state index is 11.5. The van der Waals surface area contributed by atoms with Crippen LogP contribution in [-0.4, -0.2) is 17.4 Å². The van der Waals surface area contributed by atoms with E-state index in [0.717, 1.165) is 5.56 Å². The Morgan fingerprint density at radius 2 is 1.77 bits per heavy atom. The van der Waals surface area contributed by atoms with Gasteiger partial charge in [0.05, 0.1) is 10.8 Å². The van der Waals surface area contributed by atoms with Crippen LogP contribution in [0.2, 0.25) is 5.02 Å². The van der Waals surface area contributed by atoms with Gasteiger partial charge in [-0.1, -0.05) is 43.7 Å². The van der Waals surface area contributed by atoms with Crippen molar-refractivity contribution in [2.45, 2.75) is 27.7 Å². The smallest absolute Gasteiger partial charge is 0.339 e. The number of carboxylic acid groups (broad SMARTS) is 1. The summed E-state index contributed by atoms with van der Waals surface area (Å²) in [5, 5.41) is 12.2. The van der Waals surface area contributed by atoms with Crippen molar-refractivity contribution in [1.82, 2.24) is 0 Å². The molecule has 0 atom stereocenters. The third-order valence-corrected chi connectivity index (χ3v) is 5.02. The molecule has 0 fully saturated rings. The molecular weight excluding hydrogens is 438 g/mol. The van der Waals surface area contributed by atoms with E-state index < -0.39 is 5.97 Å². The zero-order chi connectivity index (χ0) is 23.6. The van der Waals surface area contributed by atoms with E-state index in [1.54, 1.807) is 55.6 Å². The summed E-state index contributed by atoms with van der Waals surface area (Å²) in [6.07, 6.45) is 5.00. The van der Waals surface area contributed by atoms with Gasteiger partial charge in [-0.15, -0.1) is 11.3 Å². The monoisotopic (exact) mass is 461 g/mol. The molecule has 164 valence electrons. The van der Waals surface area contributed by atoms with E-state index in [4.69, 9.17) is 26.9 Å². The number of benzene rings is 1. The van der Waals surface area contributed by atoms with Gasteiger partial charge in [-0.25, -0.2) is 4.79 Å². The highest BCUT2D eigenvalue weighted by atomic mass is 35.5. The minimum absolute atomic E-state index is 0.0544. The number of carboxylic acids is 1. The number of aromatic carboxylic acids is 1. The molecule has 0 aliphatic heterocycles. The molecule has 6 nitrogen and oxygen atoms in total. The number of carbonyl (C=O) groups excluding carboxylic acids is 1. The van der Waals surface area contributed by atoms with Crippen LogP contribution in [0, 0.1) is 0 Å². The van der Waals surface area contributed by atoms with Crippen molar-refractivity contribution in [3.05, 3.63) is 72.9 Å². The SMILES string of the molecule is C/C=c1/occ(C=O)c(=O)/c1=C/C.CC.Nc1scc(-c2ccc(Cl)cc2)c1C(=O)O. The second-order valence-corrected chi connectivity index (χ2v) is 7.04. The Balaban J connectivity index is 0.000000293. The number of halogens is 1. The number of anilines is 1. The van der Waals surface area contributed by atoms with Crippen LogP contribution >= 0.6 is 22.9 Å². The molecule has 0 spiro atoms. The molecule has 0 unspecified atom stereocenters. The first-order valence-corrected chi connectivity index (χ1v) is 10.7. The highest BCUT2D eigenvalue weighted by molar-refractivity contribution is 7.14. The Bertz CT molecular complexity index is 1210. The largest absolute Gasteiger partial charge is 0.478 e. The highest BCUT2D eigenvalue weighted by Gasteiger charge is 2.17. The predicted molar refractivity (Wildman–Crippen MR) is 127 cm³/mol. The predicted octanol–water partition coefficient (Wildman–Crippen LogP) is 4.43. The zero-order valence-corrected chi connectivity index (χ0v) is 19.2. The molecule has 0 bridgehead atoms. The van der Waals surface area contributed by atoms with Crippen molar-refractivity contribution in [3.8, 4) is 11.1 Å². The number of nitrogen functional groups attached to an aromatic ring is 1. The summed E-state index contributed by atoms with van der Waals surface area (Å²) in [7, 11) is 0. The highest BCUT2D eigenvalue weighted by Crippen LogP contribution is 2.33. The fourth-order valence-electron chi connectivity index (χ4n) is 2.52. The number of rotatable bonds is 3. The number of thiophene rings is 1. The minimum atomic E-state index is -1.01. The van der Waals surface area contributed by atoms with Crippen molar-refractivity contribution < 1.29 is 19.1 Å². The Hall–Kier alpha value is -3.16. The van der Waals surface area contributed by atoms with Crippen LogP contribution in [0.5, 0.6) is 0 Å². The lowest BCUT2D eigenvalue weighted by atomic mass is 10.0. The van der Waals surface area contributed by atoms with Gasteiger partial charge in [-0.05, 0) is 37.6 Å². The van der Waals surface area contributed by atoms with E-state index in [9.17, 15) is 14.4 Å². The Morgan fingerprint density at radius 3 is 2.26 bits per heavy atom. The number of carbonyl (C=O) groups is 2. The van der Waals surface area contributed by atoms with E-state index in [0.29, 0.717) is 32.5 Å². The molecule has 1 aromatic carbocycles. The third-order valence-electron chi connectivity index (χ3n) is 3.95. The Morgan fingerprint density at radius 1 is 1.16 bits per heavy atom. The standard InChI is InChI=1S/C11H8ClNO2S.C10H10O3.C2H6/c12-7-3-1-6(2-4-7)8-5-16-10(13)9(8)11(14)15;1-3-8-9(4-2)13-6-7(5-11)10(8)12;1-2/h1-5H,13H2,(H,14,15);3-6H,1-2H3;1-2H3/b;8-3+,9-4+;. The molecule has 0 aliphatic rings. The Kier molecular flexibility index (Phi) is 10.4. The molecule has 0 saturated carbocycles. The maximum Gasteiger partial charge on any atom is 0.339 e. The molecule has 3 N–H and O–H groups in total. The van der Waals surface area contributed by atoms with Gasteiger partial charge in [-0.2, -0.15) is 0 Å². The molecule has 0 radical (unpaired) electrons. The third kappa shape index (κ3) is 6.41. The van der Waals surface area contributed by atoms with Crippen molar-refractivity contribution in [2.24, 2.45) is 0 Å². The van der Waals surface area contributed by atoms with Gasteiger partial charge in [-0.3, -0.25) is 9.59 Å². The van der Waals surface area contributed by atoms with Crippen molar-refractivity contribution in [2.75, 3.05) is 5.73 Å². The summed E-state index contributed by atoms with van der Waals surface area (Å²) in [6.45, 7) is 7.50. The lowest BCUT2D eigenvalue weighted by molar-refractivity contribution is 0.0699. The average molecular weight is 462 g/mol. The quantitative estimate of drug-likeness (QED) is 0.558. The summed E-state index contributed by atoms with van der Waals surface area (Å²) < 4.78 is 5.08. The Labute approximate surface area is 188 Å². The second kappa shape index (κ2) is 12.5. The lowest BCUT2D eigenvalue weighted by Gasteiger charge is -2.01. The molecule has 2 heterocycles. The van der Waals surface area contributed by atoms with Crippen LogP contribution in [0.1, 0.15) is 48.4 Å². The molecule has 2 aromatic heterocycles. The molecule has 31 heavy (non-hydrogen) atoms. The molecule has 3 aromatic rings. The van der Waals surface area contributed by atoms with Crippen molar-refractivity contribution >= 4 is 52.3 Å². The summed E-state index contributed by atoms with van der Waals surface area (Å²) in [5.74, 6) is -1.01. The van der Waals surface area contributed by atoms with Gasteiger partial charge in [0.1, 0.15) is 22.2 Å². The van der Waals surface area contributed by atoms with E-state index in [1.807, 2.05) is 13.8 Å². The summed E-state index contributed by atoms with van der Waals surface area (Å²) in [4.78, 5) is 32.9. The van der Waals surface area contributed by atoms with Gasteiger partial charge in [0.15, 0.2) is 6.29 Å². The number of nitrogens with two attached hydrogens (primary N) is 1. The van der Waals surface area contributed by atoms with Crippen LogP contribution in [-0.2, 0) is 0 Å². The summed E-state index contributed by atoms with van der Waals surface area (Å²) in [6, 6.07) is 6.99. The second-order valence-electron chi connectivity index (χ2n) is 5.69. The normalized spacial score (nSPS) is 11.1. The zero-order valence-electron chi connectivity index (χ0n) is 17.6. The van der Waals surface area contributed by atoms with Gasteiger partial charge in [0.25, 0.3) is 0 Å². The number of hydrogen-bond acceptors (Lipinski definition) is 6. The van der Waals surface area contributed by atoms with Crippen LogP contribution in [0.4, 0.5) is 5.00 Å². The summed E-state index contributed by atoms with van der Waals surface area (Å²) in [5.41, 5.74) is 7.48. The van der Waals surface area contributed by atoms with E-state index in [2.05, 4.69) is 0 Å². The first-order chi connectivity index (χ1) is 14.8. The van der Waals surface area contributed by atoms with Crippen LogP contribution in [0.15, 0.2) is 45.1 Å². The van der Waals surface area contributed by atoms with Crippen LogP contribution in [0.25, 0.3) is 23.3 Å². The topological polar surface area (TPSA) is 111 Å². The number of hydrogen-bond donors (Lipinski definition) is 2. The van der Waals surface area contributed by atoms with Crippen molar-refractivity contribution in [1.29, 1.82) is 0 Å². The first-order valence-electron chi connectivity index (χ1n) is 9.39. The van der Waals surface area contributed by atoms with E-state index in [-0.39, 0.29) is 16.6 Å². The van der Waals surface area contributed by atoms with Crippen LogP contribution in [0.3, 0.4) is 0 Å². The summed E-state index contributed by atoms with van der Waals surface area (Å²) >= 11 is 6.99. The van der Waals surface area contributed by atoms with E-state index >= 15 is 0 Å². The molecule has 0 saturated heterocycles. The van der Waals surface area contributed by atoms with Crippen molar-refractivity contribution in [3.63, 3.8) is 0 Å². The average Bonchev–Trinajstić information content (AvgIpc) is 3.17. The van der Waals surface area contributed by atoms with Gasteiger partial charge >= 0.3 is 5.97 Å². The molecular formula is C23H24ClNO5S. The first kappa shape index (κ1) is 25.9. The minimum Gasteiger partial charge on any atom is -0.478 e. The molecule has 0 aliphatic carbocycles. The fraction of sp³-hybridized carbons (Fsp3) is 0.174. The number of aldehydes is 1. The van der Waals surface area contributed by atoms with Gasteiger partial charge in [0, 0.05) is 16.0 Å². The van der Waals surface area contributed by atoms with E-state index in [1.165, 1.54) is 17.6 Å². The van der Waals surface area contributed by atoms with Gasteiger partial charge in [0.2, 0.25) is 5.43 Å². The molecule has 0 amide bonds. The molecule has 3 rings (SSSR count). The maximum absolute atomic E-state index is 11.5. The van der Waals surface area contributed by atoms with Gasteiger partial charge < -0.3 is 15.3 Å². The fourth-order valence-corrected chi connectivity index (χ4v) is 3.46. The lowest BCUT2D eigenvalue weighted by Crippen LogP contribution is -2.39.